The van der Waals surface area contributed by atoms with Gasteiger partial charge in [-0.1, -0.05) is 97.0 Å². The van der Waals surface area contributed by atoms with E-state index in [2.05, 4.69) is 70.9 Å². The molecule has 32 heavy (non-hydrogen) atoms. The fourth-order valence-electron chi connectivity index (χ4n) is 4.07. The van der Waals surface area contributed by atoms with Crippen LogP contribution in [0.4, 0.5) is 0 Å². The van der Waals surface area contributed by atoms with Gasteiger partial charge in [0.15, 0.2) is 6.23 Å². The number of nitrogens with zero attached hydrogens (tertiary/aromatic N) is 1. The van der Waals surface area contributed by atoms with Gasteiger partial charge in [-0.15, -0.1) is 0 Å². The van der Waals surface area contributed by atoms with Gasteiger partial charge in [-0.2, -0.15) is 0 Å². The summed E-state index contributed by atoms with van der Waals surface area (Å²) in [6.07, 6.45) is 5.72. The first-order valence-corrected chi connectivity index (χ1v) is 14.1. The van der Waals surface area contributed by atoms with Crippen LogP contribution in [0, 0.1) is 0 Å². The molecule has 3 atom stereocenters. The molecule has 6 heteroatoms. The second-order valence-electron chi connectivity index (χ2n) is 8.10. The molecule has 0 spiro atoms. The molecule has 0 aliphatic carbocycles. The van der Waals surface area contributed by atoms with Gasteiger partial charge in [-0.05, 0) is 56.6 Å². The van der Waals surface area contributed by atoms with Crippen LogP contribution in [0.2, 0.25) is 0 Å². The minimum absolute atomic E-state index is 0.0330. The smallest absolute Gasteiger partial charge is 0.204 e. The van der Waals surface area contributed by atoms with Crippen LogP contribution in [0.1, 0.15) is 52.9 Å². The highest BCUT2D eigenvalue weighted by Gasteiger charge is 2.23. The van der Waals surface area contributed by atoms with Gasteiger partial charge in [0.1, 0.15) is 22.3 Å². The van der Waals surface area contributed by atoms with Gasteiger partial charge in [0.2, 0.25) is 5.43 Å². The third kappa shape index (κ3) is 6.17. The number of ether oxygens (including phenoxy) is 1. The predicted molar refractivity (Wildman–Crippen MR) is 152 cm³/mol. The lowest BCUT2D eigenvalue weighted by Crippen LogP contribution is -2.40. The van der Waals surface area contributed by atoms with Crippen LogP contribution in [0.15, 0.2) is 51.7 Å². The normalized spacial score (nSPS) is 14.7. The first kappa shape index (κ1) is 25.7. The van der Waals surface area contributed by atoms with Crippen molar-refractivity contribution in [1.82, 2.24) is 4.90 Å². The third-order valence-corrected chi connectivity index (χ3v) is 10.3. The van der Waals surface area contributed by atoms with E-state index in [0.717, 1.165) is 25.9 Å². The van der Waals surface area contributed by atoms with Crippen LogP contribution in [0.3, 0.4) is 0 Å². The van der Waals surface area contributed by atoms with Gasteiger partial charge in [-0.25, -0.2) is 0 Å². The van der Waals surface area contributed by atoms with Crippen molar-refractivity contribution in [3.63, 3.8) is 0 Å². The molecule has 0 saturated carbocycles. The standard InChI is InChI=1S/C26H33I2NO3/c1-4-7-12-19(27)20(28)16-17-24(29(5-2)6-3)32-23-15-10-14-22-25(23)26(30)18-11-8-9-13-21(18)31-22/h8-11,13-15,19-20,24H,4-7,12,16-17H2,1-3H3. The van der Waals surface area contributed by atoms with Crippen molar-refractivity contribution < 1.29 is 9.15 Å². The number of unbranched alkanes of at least 4 members (excludes halogenated alkanes) is 1. The van der Waals surface area contributed by atoms with Crippen LogP contribution in [0.25, 0.3) is 21.9 Å². The summed E-state index contributed by atoms with van der Waals surface area (Å²) in [5, 5.41) is 1.12. The second-order valence-corrected chi connectivity index (χ2v) is 11.3. The Kier molecular flexibility index (Phi) is 10.1. The van der Waals surface area contributed by atoms with Crippen molar-refractivity contribution in [2.45, 2.75) is 67.0 Å². The Hall–Kier alpha value is -0.870. The van der Waals surface area contributed by atoms with E-state index in [9.17, 15) is 4.79 Å². The van der Waals surface area contributed by atoms with E-state index in [1.165, 1.54) is 19.3 Å². The van der Waals surface area contributed by atoms with E-state index in [-0.39, 0.29) is 11.7 Å². The molecule has 3 aromatic rings. The third-order valence-electron chi connectivity index (χ3n) is 5.96. The zero-order chi connectivity index (χ0) is 23.1. The number of alkyl halides is 2. The minimum atomic E-state index is -0.0755. The largest absolute Gasteiger partial charge is 0.474 e. The molecule has 2 aromatic carbocycles. The average molecular weight is 661 g/mol. The summed E-state index contributed by atoms with van der Waals surface area (Å²) in [5.74, 6) is 0.612. The summed E-state index contributed by atoms with van der Waals surface area (Å²) in [4.78, 5) is 15.6. The molecule has 0 N–H and O–H groups in total. The average Bonchev–Trinajstić information content (AvgIpc) is 2.81. The predicted octanol–water partition coefficient (Wildman–Crippen LogP) is 7.57. The van der Waals surface area contributed by atoms with Crippen LogP contribution < -0.4 is 10.2 Å². The topological polar surface area (TPSA) is 42.7 Å². The highest BCUT2D eigenvalue weighted by molar-refractivity contribution is 14.1. The van der Waals surface area contributed by atoms with Gasteiger partial charge >= 0.3 is 0 Å². The molecule has 174 valence electrons. The number of para-hydroxylation sites is 1. The van der Waals surface area contributed by atoms with E-state index in [0.29, 0.717) is 35.5 Å². The zero-order valence-electron chi connectivity index (χ0n) is 19.2. The molecule has 1 aromatic heterocycles. The fraction of sp³-hybridized carbons (Fsp3) is 0.500. The number of hydrogen-bond donors (Lipinski definition) is 0. The number of fused-ring (bicyclic) bond motifs is 2. The van der Waals surface area contributed by atoms with E-state index in [1.807, 2.05) is 42.5 Å². The molecular weight excluding hydrogens is 628 g/mol. The molecule has 1 heterocycles. The minimum Gasteiger partial charge on any atom is -0.474 e. The molecule has 0 radical (unpaired) electrons. The monoisotopic (exact) mass is 661 g/mol. The lowest BCUT2D eigenvalue weighted by molar-refractivity contribution is 0.0258. The number of benzene rings is 2. The van der Waals surface area contributed by atoms with Crippen LogP contribution in [0.5, 0.6) is 5.75 Å². The summed E-state index contributed by atoms with van der Waals surface area (Å²) in [6, 6.07) is 13.0. The highest BCUT2D eigenvalue weighted by atomic mass is 127. The molecule has 0 bridgehead atoms. The highest BCUT2D eigenvalue weighted by Crippen LogP contribution is 2.30. The van der Waals surface area contributed by atoms with Crippen molar-refractivity contribution in [2.24, 2.45) is 0 Å². The molecule has 0 aliphatic rings. The van der Waals surface area contributed by atoms with Crippen molar-refractivity contribution in [2.75, 3.05) is 13.1 Å². The zero-order valence-corrected chi connectivity index (χ0v) is 23.5. The van der Waals surface area contributed by atoms with Crippen LogP contribution >= 0.6 is 45.2 Å². The number of hydrogen-bond acceptors (Lipinski definition) is 4. The van der Waals surface area contributed by atoms with E-state index in [1.54, 1.807) is 0 Å². The Bertz CT molecular complexity index is 1060. The molecule has 3 unspecified atom stereocenters. The van der Waals surface area contributed by atoms with Gasteiger partial charge in [-0.3, -0.25) is 9.69 Å². The van der Waals surface area contributed by atoms with Gasteiger partial charge in [0.25, 0.3) is 0 Å². The van der Waals surface area contributed by atoms with Gasteiger partial charge in [0, 0.05) is 7.85 Å². The van der Waals surface area contributed by atoms with Crippen LogP contribution in [-0.4, -0.2) is 32.1 Å². The van der Waals surface area contributed by atoms with Crippen molar-refractivity contribution in [3.8, 4) is 5.75 Å². The second kappa shape index (κ2) is 12.6. The Balaban J connectivity index is 1.89. The summed E-state index contributed by atoms with van der Waals surface area (Å²) >= 11 is 5.21. The molecule has 4 nitrogen and oxygen atoms in total. The summed E-state index contributed by atoms with van der Waals surface area (Å²) in [7, 11) is 0. The van der Waals surface area contributed by atoms with Crippen LogP contribution in [-0.2, 0) is 0 Å². The summed E-state index contributed by atoms with van der Waals surface area (Å²) in [5.41, 5.74) is 1.15. The van der Waals surface area contributed by atoms with E-state index >= 15 is 0 Å². The quantitative estimate of drug-likeness (QED) is 0.0870. The molecular formula is C26H33I2NO3. The van der Waals surface area contributed by atoms with E-state index < -0.39 is 0 Å². The first-order valence-electron chi connectivity index (χ1n) is 11.6. The van der Waals surface area contributed by atoms with Gasteiger partial charge < -0.3 is 9.15 Å². The molecule has 0 fully saturated rings. The lowest BCUT2D eigenvalue weighted by atomic mass is 10.1. The maximum atomic E-state index is 13.3. The maximum Gasteiger partial charge on any atom is 0.204 e. The van der Waals surface area contributed by atoms with Crippen molar-refractivity contribution >= 4 is 67.1 Å². The molecule has 0 aliphatic heterocycles. The Morgan fingerprint density at radius 2 is 1.59 bits per heavy atom. The molecule has 3 rings (SSSR count). The number of rotatable bonds is 12. The fourth-order valence-corrected chi connectivity index (χ4v) is 5.59. The lowest BCUT2D eigenvalue weighted by Gasteiger charge is -2.31. The Morgan fingerprint density at radius 1 is 0.906 bits per heavy atom. The summed E-state index contributed by atoms with van der Waals surface area (Å²) in [6.45, 7) is 8.38. The first-order chi connectivity index (χ1) is 15.5. The van der Waals surface area contributed by atoms with Crippen molar-refractivity contribution in [1.29, 1.82) is 0 Å². The van der Waals surface area contributed by atoms with Crippen molar-refractivity contribution in [3.05, 3.63) is 52.7 Å². The number of halogens is 2. The Labute approximate surface area is 218 Å². The van der Waals surface area contributed by atoms with Gasteiger partial charge in [0.05, 0.1) is 5.39 Å². The Morgan fingerprint density at radius 3 is 2.31 bits per heavy atom. The maximum absolute atomic E-state index is 13.3. The SMILES string of the molecule is CCCCC(I)C(I)CCC(Oc1cccc2oc3ccccc3c(=O)c12)N(CC)CC. The van der Waals surface area contributed by atoms with E-state index in [4.69, 9.17) is 9.15 Å². The molecule has 0 saturated heterocycles. The summed E-state index contributed by atoms with van der Waals surface area (Å²) < 4.78 is 13.9. The molecule has 0 amide bonds.